The number of nitrogens with zero attached hydrogens (tertiary/aromatic N) is 3. The lowest BCUT2D eigenvalue weighted by Gasteiger charge is -2.06. The minimum Gasteiger partial charge on any atom is -0.467 e. The maximum Gasteiger partial charge on any atom is 0.322 e. The van der Waals surface area contributed by atoms with E-state index < -0.39 is 0 Å². The Morgan fingerprint density at radius 3 is 2.81 bits per heavy atom. The van der Waals surface area contributed by atoms with Crippen molar-refractivity contribution in [3.63, 3.8) is 0 Å². The van der Waals surface area contributed by atoms with Crippen LogP contribution < -0.4 is 21.1 Å². The number of nitrogens with one attached hydrogen (secondary N) is 2. The molecule has 0 saturated carbocycles. The van der Waals surface area contributed by atoms with Crippen LogP contribution in [-0.4, -0.2) is 41.1 Å². The normalized spacial score (nSPS) is 9.62. The van der Waals surface area contributed by atoms with E-state index in [-0.39, 0.29) is 30.4 Å². The van der Waals surface area contributed by atoms with Crippen molar-refractivity contribution in [2.75, 3.05) is 31.2 Å². The lowest BCUT2D eigenvalue weighted by Crippen LogP contribution is -2.30. The summed E-state index contributed by atoms with van der Waals surface area (Å²) in [6.45, 7) is 2.48. The van der Waals surface area contributed by atoms with Crippen LogP contribution in [0.4, 0.5) is 11.9 Å². The van der Waals surface area contributed by atoms with Gasteiger partial charge in [0.1, 0.15) is 0 Å². The summed E-state index contributed by atoms with van der Waals surface area (Å²) in [6, 6.07) is 0.103. The molecule has 0 bridgehead atoms. The van der Waals surface area contributed by atoms with E-state index in [4.69, 9.17) is 10.5 Å². The molecule has 1 rings (SSSR count). The van der Waals surface area contributed by atoms with Crippen molar-refractivity contribution in [2.45, 2.75) is 6.92 Å². The molecule has 1 amide bonds. The summed E-state index contributed by atoms with van der Waals surface area (Å²) in [5.74, 6) is 0.0845. The standard InChI is InChI=1S/C8H14N6O2/c1-3-10-5(15)4-11-7-12-6(9)13-8(14-7)16-2/h3-4H2,1-2H3,(H,10,15)(H3,9,11,12,13,14). The van der Waals surface area contributed by atoms with Crippen molar-refractivity contribution in [3.8, 4) is 6.01 Å². The first kappa shape index (κ1) is 12.0. The van der Waals surface area contributed by atoms with Gasteiger partial charge in [0, 0.05) is 6.54 Å². The highest BCUT2D eigenvalue weighted by Crippen LogP contribution is 2.07. The molecule has 1 heterocycles. The van der Waals surface area contributed by atoms with Crippen LogP contribution >= 0.6 is 0 Å². The quantitative estimate of drug-likeness (QED) is 0.590. The third kappa shape index (κ3) is 3.56. The predicted molar refractivity (Wildman–Crippen MR) is 58.0 cm³/mol. The van der Waals surface area contributed by atoms with Crippen molar-refractivity contribution in [1.29, 1.82) is 0 Å². The highest BCUT2D eigenvalue weighted by atomic mass is 16.5. The van der Waals surface area contributed by atoms with Crippen molar-refractivity contribution in [2.24, 2.45) is 0 Å². The summed E-state index contributed by atoms with van der Waals surface area (Å²) in [7, 11) is 1.42. The lowest BCUT2D eigenvalue weighted by atomic mass is 10.5. The number of nitrogens with two attached hydrogens (primary N) is 1. The van der Waals surface area contributed by atoms with Crippen LogP contribution in [0.15, 0.2) is 0 Å². The van der Waals surface area contributed by atoms with Gasteiger partial charge in [0.2, 0.25) is 17.8 Å². The number of aromatic nitrogens is 3. The van der Waals surface area contributed by atoms with Crippen LogP contribution in [0, 0.1) is 0 Å². The van der Waals surface area contributed by atoms with Gasteiger partial charge in [0.05, 0.1) is 13.7 Å². The Bertz CT molecular complexity index is 370. The molecule has 0 unspecified atom stereocenters. The number of ether oxygens (including phenoxy) is 1. The highest BCUT2D eigenvalue weighted by molar-refractivity contribution is 5.80. The number of rotatable bonds is 5. The van der Waals surface area contributed by atoms with Crippen molar-refractivity contribution in [3.05, 3.63) is 0 Å². The number of anilines is 2. The maximum absolute atomic E-state index is 11.1. The molecule has 0 spiro atoms. The first-order valence-electron chi connectivity index (χ1n) is 4.71. The van der Waals surface area contributed by atoms with Gasteiger partial charge in [0.15, 0.2) is 0 Å². The molecule has 0 atom stereocenters. The first-order valence-corrected chi connectivity index (χ1v) is 4.71. The summed E-state index contributed by atoms with van der Waals surface area (Å²) >= 11 is 0. The number of methoxy groups -OCH3 is 1. The van der Waals surface area contributed by atoms with Gasteiger partial charge in [-0.05, 0) is 6.92 Å². The van der Waals surface area contributed by atoms with Gasteiger partial charge >= 0.3 is 6.01 Å². The predicted octanol–water partition coefficient (Wildman–Crippen LogP) is -0.990. The second kappa shape index (κ2) is 5.69. The molecule has 88 valence electrons. The van der Waals surface area contributed by atoms with Gasteiger partial charge in [-0.3, -0.25) is 4.79 Å². The molecule has 0 aliphatic rings. The Balaban J connectivity index is 2.59. The molecule has 8 nitrogen and oxygen atoms in total. The summed E-state index contributed by atoms with van der Waals surface area (Å²) in [5, 5.41) is 5.33. The van der Waals surface area contributed by atoms with Crippen molar-refractivity contribution < 1.29 is 9.53 Å². The molecule has 8 heteroatoms. The zero-order chi connectivity index (χ0) is 12.0. The third-order valence-corrected chi connectivity index (χ3v) is 1.60. The van der Waals surface area contributed by atoms with Gasteiger partial charge in [-0.1, -0.05) is 0 Å². The van der Waals surface area contributed by atoms with Gasteiger partial charge in [0.25, 0.3) is 0 Å². The van der Waals surface area contributed by atoms with Crippen LogP contribution in [0.1, 0.15) is 6.92 Å². The molecule has 0 fully saturated rings. The summed E-state index contributed by atoms with van der Waals surface area (Å²) < 4.78 is 4.81. The van der Waals surface area contributed by atoms with Crippen LogP contribution in [-0.2, 0) is 4.79 Å². The first-order chi connectivity index (χ1) is 7.65. The Morgan fingerprint density at radius 2 is 2.19 bits per heavy atom. The van der Waals surface area contributed by atoms with E-state index in [2.05, 4.69) is 25.6 Å². The molecule has 16 heavy (non-hydrogen) atoms. The van der Waals surface area contributed by atoms with E-state index in [0.717, 1.165) is 0 Å². The number of hydrogen-bond donors (Lipinski definition) is 3. The second-order valence-electron chi connectivity index (χ2n) is 2.81. The van der Waals surface area contributed by atoms with E-state index in [1.807, 2.05) is 6.92 Å². The molecule has 0 aliphatic heterocycles. The second-order valence-corrected chi connectivity index (χ2v) is 2.81. The Morgan fingerprint density at radius 1 is 1.44 bits per heavy atom. The van der Waals surface area contributed by atoms with Crippen LogP contribution in [0.5, 0.6) is 6.01 Å². The fourth-order valence-electron chi connectivity index (χ4n) is 0.961. The highest BCUT2D eigenvalue weighted by Gasteiger charge is 2.05. The molecule has 1 aromatic heterocycles. The molecule has 4 N–H and O–H groups in total. The Labute approximate surface area is 92.6 Å². The molecular weight excluding hydrogens is 212 g/mol. The lowest BCUT2D eigenvalue weighted by molar-refractivity contribution is -0.119. The van der Waals surface area contributed by atoms with Gasteiger partial charge < -0.3 is 21.1 Å². The number of carbonyl (C=O) groups excluding carboxylic acids is 1. The number of carbonyl (C=O) groups is 1. The minimum atomic E-state index is -0.152. The molecular formula is C8H14N6O2. The molecule has 0 aromatic carbocycles. The summed E-state index contributed by atoms with van der Waals surface area (Å²) in [4.78, 5) is 22.5. The number of amides is 1. The van der Waals surface area contributed by atoms with Crippen LogP contribution in [0.2, 0.25) is 0 Å². The monoisotopic (exact) mass is 226 g/mol. The summed E-state index contributed by atoms with van der Waals surface area (Å²) in [6.07, 6.45) is 0. The average Bonchev–Trinajstić information content (AvgIpc) is 2.26. The zero-order valence-electron chi connectivity index (χ0n) is 9.15. The Hall–Kier alpha value is -2.12. The molecule has 0 saturated heterocycles. The number of nitrogen functional groups attached to an aromatic ring is 1. The summed E-state index contributed by atoms with van der Waals surface area (Å²) in [5.41, 5.74) is 5.42. The molecule has 0 radical (unpaired) electrons. The molecule has 0 aliphatic carbocycles. The number of likely N-dealkylation sites (N-methyl/N-ethyl adjacent to an activating group) is 1. The largest absolute Gasteiger partial charge is 0.467 e. The van der Waals surface area contributed by atoms with Gasteiger partial charge in [-0.15, -0.1) is 0 Å². The van der Waals surface area contributed by atoms with Crippen LogP contribution in [0.25, 0.3) is 0 Å². The van der Waals surface area contributed by atoms with Crippen molar-refractivity contribution >= 4 is 17.8 Å². The zero-order valence-corrected chi connectivity index (χ0v) is 9.15. The van der Waals surface area contributed by atoms with E-state index >= 15 is 0 Å². The third-order valence-electron chi connectivity index (χ3n) is 1.60. The SMILES string of the molecule is CCNC(=O)CNc1nc(N)nc(OC)n1. The topological polar surface area (TPSA) is 115 Å². The van der Waals surface area contributed by atoms with Gasteiger partial charge in [-0.2, -0.15) is 15.0 Å². The number of hydrogen-bond acceptors (Lipinski definition) is 7. The van der Waals surface area contributed by atoms with E-state index in [0.29, 0.717) is 6.54 Å². The average molecular weight is 226 g/mol. The molecule has 1 aromatic rings. The fraction of sp³-hybridized carbons (Fsp3) is 0.500. The van der Waals surface area contributed by atoms with Gasteiger partial charge in [-0.25, -0.2) is 0 Å². The smallest absolute Gasteiger partial charge is 0.322 e. The Kier molecular flexibility index (Phi) is 4.25. The minimum absolute atomic E-state index is 0.0326. The van der Waals surface area contributed by atoms with E-state index in [9.17, 15) is 4.79 Å². The van der Waals surface area contributed by atoms with Crippen molar-refractivity contribution in [1.82, 2.24) is 20.3 Å². The maximum atomic E-state index is 11.1. The van der Waals surface area contributed by atoms with Crippen LogP contribution in [0.3, 0.4) is 0 Å². The fourth-order valence-corrected chi connectivity index (χ4v) is 0.961. The van der Waals surface area contributed by atoms with E-state index in [1.54, 1.807) is 0 Å². The van der Waals surface area contributed by atoms with E-state index in [1.165, 1.54) is 7.11 Å².